The molecule has 1 heterocycles. The summed E-state index contributed by atoms with van der Waals surface area (Å²) in [6, 6.07) is 14.8. The fourth-order valence-corrected chi connectivity index (χ4v) is 2.69. The fourth-order valence-electron chi connectivity index (χ4n) is 2.69. The third-order valence-electron chi connectivity index (χ3n) is 4.43. The van der Waals surface area contributed by atoms with E-state index in [-0.39, 0.29) is 11.5 Å². The predicted molar refractivity (Wildman–Crippen MR) is 113 cm³/mol. The topological polar surface area (TPSA) is 83.2 Å². The third-order valence-corrected chi connectivity index (χ3v) is 4.43. The summed E-state index contributed by atoms with van der Waals surface area (Å²) in [6.07, 6.45) is 0. The van der Waals surface area contributed by atoms with Gasteiger partial charge in [-0.15, -0.1) is 0 Å². The number of nitrogens with one attached hydrogen (secondary N) is 3. The lowest BCUT2D eigenvalue weighted by Gasteiger charge is -2.18. The Labute approximate surface area is 163 Å². The first-order chi connectivity index (χ1) is 13.3. The molecule has 0 saturated heterocycles. The van der Waals surface area contributed by atoms with Gasteiger partial charge < -0.3 is 20.4 Å². The highest BCUT2D eigenvalue weighted by Gasteiger charge is 2.21. The second-order valence-electron chi connectivity index (χ2n) is 7.71. The highest BCUT2D eigenvalue weighted by atomic mass is 16.5. The maximum Gasteiger partial charge on any atom is 0.253 e. The molecule has 6 heteroatoms. The van der Waals surface area contributed by atoms with E-state index in [0.29, 0.717) is 17.8 Å². The summed E-state index contributed by atoms with van der Waals surface area (Å²) in [7, 11) is 1.62. The van der Waals surface area contributed by atoms with Gasteiger partial charge in [0.2, 0.25) is 5.91 Å². The van der Waals surface area contributed by atoms with Crippen LogP contribution >= 0.6 is 0 Å². The first kappa shape index (κ1) is 19.5. The van der Waals surface area contributed by atoms with Crippen molar-refractivity contribution in [2.24, 2.45) is 5.41 Å². The number of rotatable bonds is 5. The van der Waals surface area contributed by atoms with Crippen molar-refractivity contribution < 1.29 is 9.53 Å². The van der Waals surface area contributed by atoms with E-state index in [2.05, 4.69) is 15.6 Å². The van der Waals surface area contributed by atoms with Crippen molar-refractivity contribution in [2.75, 3.05) is 17.7 Å². The van der Waals surface area contributed by atoms with Gasteiger partial charge in [-0.2, -0.15) is 0 Å². The summed E-state index contributed by atoms with van der Waals surface area (Å²) in [5, 5.41) is 7.02. The number of hydrogen-bond donors (Lipinski definition) is 3. The Morgan fingerprint density at radius 3 is 2.36 bits per heavy atom. The van der Waals surface area contributed by atoms with Gasteiger partial charge in [0.15, 0.2) is 0 Å². The maximum atomic E-state index is 12.4. The van der Waals surface area contributed by atoms with E-state index in [9.17, 15) is 9.59 Å². The van der Waals surface area contributed by atoms with E-state index < -0.39 is 5.41 Å². The predicted octanol–water partition coefficient (Wildman–Crippen LogP) is 4.13. The van der Waals surface area contributed by atoms with Gasteiger partial charge in [0.1, 0.15) is 5.75 Å². The molecule has 3 aromatic rings. The molecule has 1 aromatic heterocycles. The zero-order valence-electron chi connectivity index (χ0n) is 16.6. The Balaban J connectivity index is 1.81. The van der Waals surface area contributed by atoms with E-state index in [1.165, 1.54) is 0 Å². The average Bonchev–Trinajstić information content (AvgIpc) is 2.66. The summed E-state index contributed by atoms with van der Waals surface area (Å²) in [5.41, 5.74) is 2.32. The van der Waals surface area contributed by atoms with E-state index in [0.717, 1.165) is 22.3 Å². The molecule has 2 aromatic carbocycles. The van der Waals surface area contributed by atoms with Crippen molar-refractivity contribution >= 4 is 28.2 Å². The molecule has 0 aliphatic carbocycles. The number of methoxy groups -OCH3 is 1. The molecule has 0 aliphatic heterocycles. The molecule has 1 amide bonds. The molecule has 6 nitrogen and oxygen atoms in total. The van der Waals surface area contributed by atoms with Crippen molar-refractivity contribution in [1.82, 2.24) is 4.98 Å². The van der Waals surface area contributed by atoms with Gasteiger partial charge in [0.25, 0.3) is 5.56 Å². The Morgan fingerprint density at radius 1 is 1.04 bits per heavy atom. The van der Waals surface area contributed by atoms with Crippen LogP contribution in [0.25, 0.3) is 10.9 Å². The van der Waals surface area contributed by atoms with Crippen molar-refractivity contribution in [3.05, 3.63) is 64.4 Å². The van der Waals surface area contributed by atoms with Crippen LogP contribution in [0.2, 0.25) is 0 Å². The molecular weight excluding hydrogens is 354 g/mol. The van der Waals surface area contributed by atoms with Gasteiger partial charge in [0, 0.05) is 39.8 Å². The highest BCUT2D eigenvalue weighted by molar-refractivity contribution is 5.96. The summed E-state index contributed by atoms with van der Waals surface area (Å²) in [6.45, 7) is 5.98. The smallest absolute Gasteiger partial charge is 0.253 e. The van der Waals surface area contributed by atoms with Crippen LogP contribution in [0.15, 0.2) is 53.3 Å². The number of H-pyrrole nitrogens is 1. The monoisotopic (exact) mass is 379 g/mol. The molecule has 0 spiro atoms. The summed E-state index contributed by atoms with van der Waals surface area (Å²) < 4.78 is 5.15. The first-order valence-corrected chi connectivity index (χ1v) is 9.11. The molecule has 0 bridgehead atoms. The quantitative estimate of drug-likeness (QED) is 0.622. The number of anilines is 2. The number of benzene rings is 2. The van der Waals surface area contributed by atoms with Crippen LogP contribution < -0.4 is 20.9 Å². The number of pyridine rings is 1. The molecule has 0 radical (unpaired) electrons. The van der Waals surface area contributed by atoms with Crippen LogP contribution in [0.3, 0.4) is 0 Å². The van der Waals surface area contributed by atoms with Gasteiger partial charge in [0.05, 0.1) is 7.11 Å². The number of hydrogen-bond acceptors (Lipinski definition) is 4. The maximum absolute atomic E-state index is 12.4. The average molecular weight is 379 g/mol. The molecule has 146 valence electrons. The summed E-state index contributed by atoms with van der Waals surface area (Å²) in [5.74, 6) is 0.719. The normalized spacial score (nSPS) is 11.3. The van der Waals surface area contributed by atoms with Crippen molar-refractivity contribution in [3.63, 3.8) is 0 Å². The minimum atomic E-state index is -0.479. The second-order valence-corrected chi connectivity index (χ2v) is 7.71. The van der Waals surface area contributed by atoms with Crippen molar-refractivity contribution in [3.8, 4) is 5.75 Å². The molecule has 0 unspecified atom stereocenters. The van der Waals surface area contributed by atoms with Crippen molar-refractivity contribution in [1.29, 1.82) is 0 Å². The second kappa shape index (κ2) is 7.76. The largest absolute Gasteiger partial charge is 0.497 e. The van der Waals surface area contributed by atoms with Crippen molar-refractivity contribution in [2.45, 2.75) is 27.3 Å². The molecular formula is C22H25N3O3. The standard InChI is InChI=1S/C22H25N3O3/c1-22(2,3)21(27)24-17-7-10-19-14(12-17)11-15(20(26)25-19)13-23-16-5-8-18(28-4)9-6-16/h5-12,23H,13H2,1-4H3,(H,24,27)(H,25,26). The number of amides is 1. The lowest BCUT2D eigenvalue weighted by Crippen LogP contribution is -2.27. The number of carbonyl (C=O) groups is 1. The van der Waals surface area contributed by atoms with E-state index in [1.54, 1.807) is 19.2 Å². The Morgan fingerprint density at radius 2 is 1.71 bits per heavy atom. The van der Waals surface area contributed by atoms with Crippen LogP contribution in [-0.2, 0) is 11.3 Å². The van der Waals surface area contributed by atoms with E-state index >= 15 is 0 Å². The van der Waals surface area contributed by atoms with Crippen LogP contribution in [0.4, 0.5) is 11.4 Å². The van der Waals surface area contributed by atoms with Crippen LogP contribution in [0.1, 0.15) is 26.3 Å². The first-order valence-electron chi connectivity index (χ1n) is 9.11. The number of aromatic nitrogens is 1. The fraction of sp³-hybridized carbons (Fsp3) is 0.273. The molecule has 3 N–H and O–H groups in total. The zero-order chi connectivity index (χ0) is 20.3. The molecule has 0 fully saturated rings. The van der Waals surface area contributed by atoms with Gasteiger partial charge in [-0.25, -0.2) is 0 Å². The van der Waals surface area contributed by atoms with E-state index in [4.69, 9.17) is 4.74 Å². The lowest BCUT2D eigenvalue weighted by atomic mass is 9.95. The molecule has 0 atom stereocenters. The number of aromatic amines is 1. The Bertz CT molecular complexity index is 1050. The Hall–Kier alpha value is -3.28. The number of ether oxygens (including phenoxy) is 1. The van der Waals surface area contributed by atoms with Crippen LogP contribution in [0.5, 0.6) is 5.75 Å². The van der Waals surface area contributed by atoms with Gasteiger partial charge in [-0.3, -0.25) is 9.59 Å². The summed E-state index contributed by atoms with van der Waals surface area (Å²) >= 11 is 0. The molecule has 28 heavy (non-hydrogen) atoms. The van der Waals surface area contributed by atoms with Crippen LogP contribution in [0, 0.1) is 5.41 Å². The highest BCUT2D eigenvalue weighted by Crippen LogP contribution is 2.21. The van der Waals surface area contributed by atoms with Crippen LogP contribution in [-0.4, -0.2) is 18.0 Å². The SMILES string of the molecule is COc1ccc(NCc2cc3cc(NC(=O)C(C)(C)C)ccc3[nH]c2=O)cc1. The number of fused-ring (bicyclic) bond motifs is 1. The lowest BCUT2D eigenvalue weighted by molar-refractivity contribution is -0.123. The van der Waals surface area contributed by atoms with Gasteiger partial charge >= 0.3 is 0 Å². The molecule has 0 saturated carbocycles. The van der Waals surface area contributed by atoms with Gasteiger partial charge in [-0.1, -0.05) is 20.8 Å². The Kier molecular flexibility index (Phi) is 5.40. The minimum Gasteiger partial charge on any atom is -0.497 e. The number of carbonyl (C=O) groups excluding carboxylic acids is 1. The molecule has 3 rings (SSSR count). The zero-order valence-corrected chi connectivity index (χ0v) is 16.6. The third kappa shape index (κ3) is 4.52. The molecule has 0 aliphatic rings. The van der Waals surface area contributed by atoms with Gasteiger partial charge in [-0.05, 0) is 48.5 Å². The minimum absolute atomic E-state index is 0.0577. The summed E-state index contributed by atoms with van der Waals surface area (Å²) in [4.78, 5) is 27.5. The van der Waals surface area contributed by atoms with E-state index in [1.807, 2.05) is 57.2 Å².